The highest BCUT2D eigenvalue weighted by atomic mass is 79.9. The highest BCUT2D eigenvalue weighted by Crippen LogP contribution is 2.32. The summed E-state index contributed by atoms with van der Waals surface area (Å²) in [6.45, 7) is 0. The number of nitrogens with zero attached hydrogens (tertiary/aromatic N) is 4. The molecule has 0 saturated heterocycles. The zero-order valence-electron chi connectivity index (χ0n) is 13.8. The van der Waals surface area contributed by atoms with Crippen molar-refractivity contribution in [1.82, 2.24) is 19.5 Å². The van der Waals surface area contributed by atoms with Crippen LogP contribution in [0.3, 0.4) is 0 Å². The van der Waals surface area contributed by atoms with Crippen molar-refractivity contribution in [2.24, 2.45) is 0 Å². The fraction of sp³-hybridized carbons (Fsp3) is 0.0526. The lowest BCUT2D eigenvalue weighted by Gasteiger charge is -2.14. The summed E-state index contributed by atoms with van der Waals surface area (Å²) in [4.78, 5) is 25.5. The maximum absolute atomic E-state index is 12.4. The third kappa shape index (κ3) is 2.66. The Morgan fingerprint density at radius 1 is 1.12 bits per heavy atom. The van der Waals surface area contributed by atoms with Gasteiger partial charge in [0.1, 0.15) is 17.7 Å². The number of carbonyl (C=O) groups excluding carboxylic acids is 1. The maximum atomic E-state index is 12.4. The number of imidazole rings is 1. The van der Waals surface area contributed by atoms with Crippen LogP contribution in [0.15, 0.2) is 65.5 Å². The Morgan fingerprint density at radius 2 is 1.92 bits per heavy atom. The van der Waals surface area contributed by atoms with Crippen molar-refractivity contribution in [3.63, 3.8) is 0 Å². The number of hydrogen-bond acceptors (Lipinski definition) is 5. The van der Waals surface area contributed by atoms with Crippen LogP contribution in [0.5, 0.6) is 0 Å². The number of esters is 1. The number of halogens is 1. The fourth-order valence-electron chi connectivity index (χ4n) is 2.85. The second-order valence-electron chi connectivity index (χ2n) is 5.49. The lowest BCUT2D eigenvalue weighted by molar-refractivity contribution is 0.0600. The molecule has 0 saturated carbocycles. The molecule has 2 aromatic heterocycles. The van der Waals surface area contributed by atoms with E-state index in [1.807, 2.05) is 47.0 Å². The highest BCUT2D eigenvalue weighted by Gasteiger charge is 2.22. The third-order valence-corrected chi connectivity index (χ3v) is 4.65. The minimum absolute atomic E-state index is 0.412. The van der Waals surface area contributed by atoms with Gasteiger partial charge in [-0.2, -0.15) is 0 Å². The van der Waals surface area contributed by atoms with Crippen molar-refractivity contribution >= 4 is 33.1 Å². The molecule has 0 aliphatic carbocycles. The van der Waals surface area contributed by atoms with Crippen molar-refractivity contribution in [3.05, 3.63) is 71.1 Å². The monoisotopic (exact) mass is 408 g/mol. The largest absolute Gasteiger partial charge is 0.465 e. The summed E-state index contributed by atoms with van der Waals surface area (Å²) in [5.74, 6) is 0.231. The van der Waals surface area contributed by atoms with Crippen LogP contribution in [-0.4, -0.2) is 32.6 Å². The second kappa shape index (κ2) is 6.68. The molecular formula is C19H13BrN4O2. The van der Waals surface area contributed by atoms with Crippen LogP contribution < -0.4 is 0 Å². The number of methoxy groups -OCH3 is 1. The van der Waals surface area contributed by atoms with Gasteiger partial charge < -0.3 is 4.74 Å². The Balaban J connectivity index is 2.10. The Bertz CT molecular complexity index is 1110. The molecule has 2 heterocycles. The zero-order valence-corrected chi connectivity index (χ0v) is 15.3. The molecule has 0 fully saturated rings. The van der Waals surface area contributed by atoms with Gasteiger partial charge >= 0.3 is 5.97 Å². The van der Waals surface area contributed by atoms with Crippen molar-refractivity contribution < 1.29 is 9.53 Å². The highest BCUT2D eigenvalue weighted by molar-refractivity contribution is 9.10. The van der Waals surface area contributed by atoms with Crippen LogP contribution in [0, 0.1) is 0 Å². The van der Waals surface area contributed by atoms with E-state index in [4.69, 9.17) is 4.74 Å². The van der Waals surface area contributed by atoms with E-state index in [0.29, 0.717) is 32.7 Å². The molecule has 0 aliphatic heterocycles. The van der Waals surface area contributed by atoms with Crippen LogP contribution in [0.2, 0.25) is 0 Å². The van der Waals surface area contributed by atoms with Gasteiger partial charge in [0.2, 0.25) is 0 Å². The molecule has 0 spiro atoms. The topological polar surface area (TPSA) is 69.9 Å². The van der Waals surface area contributed by atoms with E-state index >= 15 is 0 Å². The number of hydrogen-bond donors (Lipinski definition) is 0. The van der Waals surface area contributed by atoms with Crippen LogP contribution in [0.25, 0.3) is 28.2 Å². The van der Waals surface area contributed by atoms with E-state index in [0.717, 1.165) is 5.56 Å². The average molecular weight is 409 g/mol. The van der Waals surface area contributed by atoms with E-state index in [1.54, 1.807) is 12.3 Å². The molecule has 4 rings (SSSR count). The first-order valence-corrected chi connectivity index (χ1v) is 8.61. The molecule has 0 aliphatic rings. The number of rotatable bonds is 3. The van der Waals surface area contributed by atoms with E-state index in [1.165, 1.54) is 13.4 Å². The summed E-state index contributed by atoms with van der Waals surface area (Å²) < 4.78 is 7.49. The molecule has 0 amide bonds. The number of aromatic nitrogens is 4. The first kappa shape index (κ1) is 16.4. The molecule has 6 nitrogen and oxygen atoms in total. The minimum atomic E-state index is -0.440. The average Bonchev–Trinajstić information content (AvgIpc) is 3.07. The summed E-state index contributed by atoms with van der Waals surface area (Å²) in [6.07, 6.45) is 3.14. The SMILES string of the molecule is COC(=O)c1c(Br)cccc1-n1c(-c2ccccc2)nc2ncncc21. The lowest BCUT2D eigenvalue weighted by Crippen LogP contribution is -2.10. The van der Waals surface area contributed by atoms with E-state index in [9.17, 15) is 4.79 Å². The predicted octanol–water partition coefficient (Wildman–Crippen LogP) is 4.03. The van der Waals surface area contributed by atoms with Gasteiger partial charge in [0.05, 0.1) is 24.6 Å². The summed E-state index contributed by atoms with van der Waals surface area (Å²) in [6, 6.07) is 15.2. The van der Waals surface area contributed by atoms with Gasteiger partial charge in [-0.3, -0.25) is 4.57 Å². The Kier molecular flexibility index (Phi) is 4.22. The van der Waals surface area contributed by atoms with Gasteiger partial charge in [-0.1, -0.05) is 36.4 Å². The summed E-state index contributed by atoms with van der Waals surface area (Å²) >= 11 is 3.45. The Morgan fingerprint density at radius 3 is 2.69 bits per heavy atom. The molecule has 4 aromatic rings. The van der Waals surface area contributed by atoms with Crippen molar-refractivity contribution in [3.8, 4) is 17.1 Å². The molecule has 0 N–H and O–H groups in total. The molecule has 2 aromatic carbocycles. The molecule has 0 radical (unpaired) electrons. The van der Waals surface area contributed by atoms with E-state index in [-0.39, 0.29) is 0 Å². The van der Waals surface area contributed by atoms with Gasteiger partial charge in [-0.15, -0.1) is 0 Å². The van der Waals surface area contributed by atoms with Gasteiger partial charge in [-0.25, -0.2) is 19.7 Å². The molecule has 0 bridgehead atoms. The minimum Gasteiger partial charge on any atom is -0.465 e. The number of ether oxygens (including phenoxy) is 1. The molecule has 0 unspecified atom stereocenters. The molecule has 7 heteroatoms. The van der Waals surface area contributed by atoms with E-state index < -0.39 is 5.97 Å². The number of benzene rings is 2. The van der Waals surface area contributed by atoms with Crippen molar-refractivity contribution in [2.75, 3.05) is 7.11 Å². The van der Waals surface area contributed by atoms with Crippen LogP contribution in [-0.2, 0) is 4.74 Å². The summed E-state index contributed by atoms with van der Waals surface area (Å²) in [5.41, 5.74) is 3.21. The molecular weight excluding hydrogens is 396 g/mol. The Hall–Kier alpha value is -3.06. The summed E-state index contributed by atoms with van der Waals surface area (Å²) in [7, 11) is 1.36. The van der Waals surface area contributed by atoms with Gasteiger partial charge in [0.15, 0.2) is 5.65 Å². The van der Waals surface area contributed by atoms with Crippen molar-refractivity contribution in [2.45, 2.75) is 0 Å². The van der Waals surface area contributed by atoms with Crippen LogP contribution in [0.4, 0.5) is 0 Å². The first-order chi connectivity index (χ1) is 12.7. The molecule has 128 valence electrons. The third-order valence-electron chi connectivity index (χ3n) is 3.99. The fourth-order valence-corrected chi connectivity index (χ4v) is 3.37. The van der Waals surface area contributed by atoms with E-state index in [2.05, 4.69) is 30.9 Å². The van der Waals surface area contributed by atoms with Gasteiger partial charge in [-0.05, 0) is 28.1 Å². The number of carbonyl (C=O) groups is 1. The first-order valence-electron chi connectivity index (χ1n) is 7.82. The van der Waals surface area contributed by atoms with Crippen molar-refractivity contribution in [1.29, 1.82) is 0 Å². The normalized spacial score (nSPS) is 10.8. The Labute approximate surface area is 157 Å². The lowest BCUT2D eigenvalue weighted by atomic mass is 10.1. The maximum Gasteiger partial charge on any atom is 0.341 e. The molecule has 0 atom stereocenters. The van der Waals surface area contributed by atoms with Crippen LogP contribution in [0.1, 0.15) is 10.4 Å². The predicted molar refractivity (Wildman–Crippen MR) is 101 cm³/mol. The summed E-state index contributed by atoms with van der Waals surface area (Å²) in [5, 5.41) is 0. The standard InChI is InChI=1S/C19H13BrN4O2/c1-26-19(25)16-13(20)8-5-9-14(16)24-15-10-21-11-22-17(15)23-18(24)12-6-3-2-4-7-12/h2-11H,1H3. The van der Waals surface area contributed by atoms with Gasteiger partial charge in [0.25, 0.3) is 0 Å². The number of fused-ring (bicyclic) bond motifs is 1. The zero-order chi connectivity index (χ0) is 18.1. The molecule has 26 heavy (non-hydrogen) atoms. The second-order valence-corrected chi connectivity index (χ2v) is 6.35. The quantitative estimate of drug-likeness (QED) is 0.478. The van der Waals surface area contributed by atoms with Gasteiger partial charge in [0, 0.05) is 10.0 Å². The smallest absolute Gasteiger partial charge is 0.341 e. The van der Waals surface area contributed by atoms with Crippen LogP contribution >= 0.6 is 15.9 Å².